The molecule has 3 nitrogen and oxygen atoms in total. The fraction of sp³-hybridized carbons (Fsp3) is 0.955. The third-order valence-electron chi connectivity index (χ3n) is 5.09. The van der Waals surface area contributed by atoms with Gasteiger partial charge in [-0.3, -0.25) is 4.79 Å². The van der Waals surface area contributed by atoms with Crippen molar-refractivity contribution in [3.8, 4) is 0 Å². The molecule has 0 heterocycles. The summed E-state index contributed by atoms with van der Waals surface area (Å²) in [6.45, 7) is 6.43. The van der Waals surface area contributed by atoms with Gasteiger partial charge in [0.2, 0.25) is 0 Å². The zero-order valence-electron chi connectivity index (χ0n) is 17.2. The fourth-order valence-electron chi connectivity index (χ4n) is 3.73. The maximum atomic E-state index is 10.4. The summed E-state index contributed by atoms with van der Waals surface area (Å²) >= 11 is 0. The van der Waals surface area contributed by atoms with E-state index in [1.807, 2.05) is 6.92 Å². The third kappa shape index (κ3) is 19.6. The van der Waals surface area contributed by atoms with E-state index >= 15 is 0 Å². The molecule has 0 aromatic rings. The van der Waals surface area contributed by atoms with E-state index in [4.69, 9.17) is 5.11 Å². The van der Waals surface area contributed by atoms with Gasteiger partial charge in [0.15, 0.2) is 0 Å². The van der Waals surface area contributed by atoms with Crippen LogP contribution in [-0.2, 0) is 4.79 Å². The van der Waals surface area contributed by atoms with E-state index in [0.29, 0.717) is 6.42 Å². The molecule has 150 valence electrons. The number of carboxylic acids is 1. The molecule has 0 aliphatic carbocycles. The van der Waals surface area contributed by atoms with E-state index in [-0.39, 0.29) is 11.5 Å². The van der Waals surface area contributed by atoms with Crippen LogP contribution in [0.2, 0.25) is 0 Å². The van der Waals surface area contributed by atoms with Gasteiger partial charge in [0.05, 0.1) is 6.10 Å². The lowest BCUT2D eigenvalue weighted by Gasteiger charge is -2.26. The van der Waals surface area contributed by atoms with E-state index in [1.54, 1.807) is 0 Å². The second-order valence-electron chi connectivity index (χ2n) is 8.71. The number of rotatable bonds is 18. The van der Waals surface area contributed by atoms with Gasteiger partial charge < -0.3 is 10.2 Å². The molecular weight excluding hydrogens is 312 g/mol. The molecule has 2 N–H and O–H groups in total. The van der Waals surface area contributed by atoms with E-state index in [1.165, 1.54) is 77.0 Å². The highest BCUT2D eigenvalue weighted by Gasteiger charge is 2.19. The number of unbranched alkanes of at least 4 members (excludes halogenated alkanes) is 12. The van der Waals surface area contributed by atoms with Gasteiger partial charge >= 0.3 is 5.97 Å². The summed E-state index contributed by atoms with van der Waals surface area (Å²) in [6, 6.07) is 0. The smallest absolute Gasteiger partial charge is 0.303 e. The molecule has 3 heteroatoms. The highest BCUT2D eigenvalue weighted by Crippen LogP contribution is 2.29. The Morgan fingerprint density at radius 3 is 1.48 bits per heavy atom. The van der Waals surface area contributed by atoms with Gasteiger partial charge in [-0.2, -0.15) is 0 Å². The summed E-state index contributed by atoms with van der Waals surface area (Å²) in [4.78, 5) is 10.4. The number of aliphatic hydroxyl groups excluding tert-OH is 1. The Kier molecular flexibility index (Phi) is 15.3. The number of hydrogen-bond acceptors (Lipinski definition) is 2. The molecule has 0 fully saturated rings. The summed E-state index contributed by atoms with van der Waals surface area (Å²) in [5.74, 6) is -0.663. The quantitative estimate of drug-likeness (QED) is 0.268. The third-order valence-corrected chi connectivity index (χ3v) is 5.09. The van der Waals surface area contributed by atoms with Gasteiger partial charge in [0.1, 0.15) is 0 Å². The fourth-order valence-corrected chi connectivity index (χ4v) is 3.73. The van der Waals surface area contributed by atoms with E-state index < -0.39 is 5.97 Å². The Balaban J connectivity index is 3.20. The van der Waals surface area contributed by atoms with Gasteiger partial charge in [-0.1, -0.05) is 90.9 Å². The van der Waals surface area contributed by atoms with Crippen LogP contribution in [-0.4, -0.2) is 22.3 Å². The van der Waals surface area contributed by atoms with Gasteiger partial charge in [0.25, 0.3) is 0 Å². The number of aliphatic hydroxyl groups is 1. The van der Waals surface area contributed by atoms with Crippen molar-refractivity contribution in [3.05, 3.63) is 0 Å². The molecule has 0 radical (unpaired) electrons. The molecule has 1 atom stereocenters. The van der Waals surface area contributed by atoms with E-state index in [9.17, 15) is 9.90 Å². The molecule has 0 aliphatic heterocycles. The zero-order chi connectivity index (χ0) is 19.0. The highest BCUT2D eigenvalue weighted by atomic mass is 16.4. The summed E-state index contributed by atoms with van der Waals surface area (Å²) in [6.07, 6.45) is 18.7. The van der Waals surface area contributed by atoms with Crippen molar-refractivity contribution in [2.45, 2.75) is 130 Å². The first-order valence-corrected chi connectivity index (χ1v) is 10.7. The van der Waals surface area contributed by atoms with Crippen LogP contribution in [0.4, 0.5) is 0 Å². The van der Waals surface area contributed by atoms with Gasteiger partial charge in [-0.25, -0.2) is 0 Å². The Bertz CT molecular complexity index is 310. The van der Waals surface area contributed by atoms with Crippen molar-refractivity contribution in [3.63, 3.8) is 0 Å². The lowest BCUT2D eigenvalue weighted by molar-refractivity contribution is -0.137. The largest absolute Gasteiger partial charge is 0.481 e. The minimum atomic E-state index is -0.663. The molecule has 25 heavy (non-hydrogen) atoms. The van der Waals surface area contributed by atoms with Crippen LogP contribution in [0, 0.1) is 5.41 Å². The first-order chi connectivity index (χ1) is 11.8. The minimum absolute atomic E-state index is 0.181. The Hall–Kier alpha value is -0.570. The molecule has 0 aliphatic rings. The summed E-state index contributed by atoms with van der Waals surface area (Å²) in [5.41, 5.74) is 0.280. The summed E-state index contributed by atoms with van der Waals surface area (Å²) < 4.78 is 0. The lowest BCUT2D eigenvalue weighted by atomic mass is 9.82. The average molecular weight is 357 g/mol. The summed E-state index contributed by atoms with van der Waals surface area (Å²) in [5, 5.41) is 18.1. The molecule has 0 aromatic carbocycles. The molecule has 1 unspecified atom stereocenters. The van der Waals surface area contributed by atoms with Gasteiger partial charge in [-0.15, -0.1) is 0 Å². The predicted molar refractivity (Wildman–Crippen MR) is 107 cm³/mol. The van der Waals surface area contributed by atoms with Gasteiger partial charge in [0, 0.05) is 6.42 Å². The standard InChI is InChI=1S/C22H44O3/c1-20(23)19-22(2,3)18-16-14-12-10-8-6-4-5-7-9-11-13-15-17-21(24)25/h20,23H,4-19H2,1-3H3,(H,24,25). The van der Waals surface area contributed by atoms with Crippen LogP contribution in [0.5, 0.6) is 0 Å². The Labute approximate surface area is 156 Å². The van der Waals surface area contributed by atoms with E-state index in [2.05, 4.69) is 13.8 Å². The molecule has 0 aromatic heterocycles. The molecule has 0 rings (SSSR count). The molecule has 0 bridgehead atoms. The number of carboxylic acid groups (broad SMARTS) is 1. The number of carbonyl (C=O) groups is 1. The lowest BCUT2D eigenvalue weighted by Crippen LogP contribution is -2.18. The van der Waals surface area contributed by atoms with Crippen LogP contribution in [0.1, 0.15) is 124 Å². The molecule has 0 saturated heterocycles. The summed E-state index contributed by atoms with van der Waals surface area (Å²) in [7, 11) is 0. The average Bonchev–Trinajstić information content (AvgIpc) is 2.49. The number of aliphatic carboxylic acids is 1. The van der Waals surface area contributed by atoms with Crippen LogP contribution in [0.3, 0.4) is 0 Å². The molecule has 0 amide bonds. The second-order valence-corrected chi connectivity index (χ2v) is 8.71. The maximum absolute atomic E-state index is 10.4. The zero-order valence-corrected chi connectivity index (χ0v) is 17.2. The second kappa shape index (κ2) is 15.7. The Morgan fingerprint density at radius 1 is 0.760 bits per heavy atom. The van der Waals surface area contributed by atoms with Crippen molar-refractivity contribution < 1.29 is 15.0 Å². The van der Waals surface area contributed by atoms with Crippen molar-refractivity contribution >= 4 is 5.97 Å². The first-order valence-electron chi connectivity index (χ1n) is 10.7. The van der Waals surface area contributed by atoms with Gasteiger partial charge in [-0.05, 0) is 31.6 Å². The van der Waals surface area contributed by atoms with Crippen LogP contribution in [0.25, 0.3) is 0 Å². The van der Waals surface area contributed by atoms with Crippen molar-refractivity contribution in [2.24, 2.45) is 5.41 Å². The van der Waals surface area contributed by atoms with Crippen molar-refractivity contribution in [1.82, 2.24) is 0 Å². The van der Waals surface area contributed by atoms with Crippen molar-refractivity contribution in [1.29, 1.82) is 0 Å². The SMILES string of the molecule is CC(O)CC(C)(C)CCCCCCCCCCCCCCCC(=O)O. The highest BCUT2D eigenvalue weighted by molar-refractivity contribution is 5.66. The normalized spacial score (nSPS) is 13.1. The topological polar surface area (TPSA) is 57.5 Å². The maximum Gasteiger partial charge on any atom is 0.303 e. The molecule has 0 saturated carbocycles. The molecular formula is C22H44O3. The monoisotopic (exact) mass is 356 g/mol. The van der Waals surface area contributed by atoms with Crippen LogP contribution >= 0.6 is 0 Å². The first kappa shape index (κ1) is 24.4. The van der Waals surface area contributed by atoms with E-state index in [0.717, 1.165) is 19.3 Å². The van der Waals surface area contributed by atoms with Crippen LogP contribution in [0.15, 0.2) is 0 Å². The number of hydrogen-bond donors (Lipinski definition) is 2. The van der Waals surface area contributed by atoms with Crippen molar-refractivity contribution in [2.75, 3.05) is 0 Å². The Morgan fingerprint density at radius 2 is 1.12 bits per heavy atom. The predicted octanol–water partition coefficient (Wildman–Crippen LogP) is 6.72. The minimum Gasteiger partial charge on any atom is -0.481 e. The van der Waals surface area contributed by atoms with Crippen LogP contribution < -0.4 is 0 Å². The molecule has 0 spiro atoms.